The maximum atomic E-state index is 13.8. The number of halogens is 1. The number of rotatable bonds is 4. The van der Waals surface area contributed by atoms with Gasteiger partial charge in [-0.3, -0.25) is 9.78 Å². The summed E-state index contributed by atoms with van der Waals surface area (Å²) in [5.41, 5.74) is 4.96. The predicted molar refractivity (Wildman–Crippen MR) is 102 cm³/mol. The molecule has 0 saturated carbocycles. The quantitative estimate of drug-likeness (QED) is 0.732. The Kier molecular flexibility index (Phi) is 4.00. The van der Waals surface area contributed by atoms with Crippen LogP contribution in [0, 0.1) is 5.82 Å². The van der Waals surface area contributed by atoms with Crippen molar-refractivity contribution < 1.29 is 9.18 Å². The molecule has 3 heterocycles. The number of hydrogen-bond acceptors (Lipinski definition) is 5. The lowest BCUT2D eigenvalue weighted by molar-refractivity contribution is -0.116. The lowest BCUT2D eigenvalue weighted by Crippen LogP contribution is -2.18. The lowest BCUT2D eigenvalue weighted by Gasteiger charge is -2.15. The summed E-state index contributed by atoms with van der Waals surface area (Å²) in [6.45, 7) is 0.536. The van der Waals surface area contributed by atoms with E-state index in [4.69, 9.17) is 4.98 Å². The number of aromatic nitrogens is 3. The molecular weight excluding hydrogens is 357 g/mol. The van der Waals surface area contributed by atoms with E-state index in [0.717, 1.165) is 36.1 Å². The van der Waals surface area contributed by atoms with E-state index < -0.39 is 5.92 Å². The normalized spacial score (nSPS) is 17.2. The molecule has 0 bridgehead atoms. The Morgan fingerprint density at radius 2 is 2.14 bits per heavy atom. The second kappa shape index (κ2) is 6.67. The Hall–Kier alpha value is -3.35. The number of carbonyl (C=O) groups excluding carboxylic acids is 1. The number of benzene rings is 1. The first-order valence-electron chi connectivity index (χ1n) is 9.32. The number of anilines is 2. The summed E-state index contributed by atoms with van der Waals surface area (Å²) in [5, 5.41) is 6.08. The SMILES string of the molecule is O=C1Nc2ccc(F)cc2C1c1nc(NCc2cccnc2)nc2c1CCC2. The van der Waals surface area contributed by atoms with Gasteiger partial charge >= 0.3 is 0 Å². The molecule has 5 rings (SSSR count). The van der Waals surface area contributed by atoms with Crippen LogP contribution in [-0.2, 0) is 24.2 Å². The molecule has 0 saturated heterocycles. The second-order valence-corrected chi connectivity index (χ2v) is 7.08. The van der Waals surface area contributed by atoms with Gasteiger partial charge in [-0.2, -0.15) is 0 Å². The highest BCUT2D eigenvalue weighted by Gasteiger charge is 2.37. The molecule has 2 aliphatic rings. The number of nitrogens with zero attached hydrogens (tertiary/aromatic N) is 3. The third-order valence-electron chi connectivity index (χ3n) is 5.26. The Bertz CT molecular complexity index is 1070. The van der Waals surface area contributed by atoms with Crippen LogP contribution in [0.1, 0.15) is 40.4 Å². The molecule has 140 valence electrons. The summed E-state index contributed by atoms with van der Waals surface area (Å²) in [5.74, 6) is -0.663. The molecule has 1 amide bonds. The van der Waals surface area contributed by atoms with Crippen molar-refractivity contribution in [2.75, 3.05) is 10.6 Å². The molecule has 0 radical (unpaired) electrons. The molecule has 6 nitrogen and oxygen atoms in total. The van der Waals surface area contributed by atoms with Gasteiger partial charge in [0.15, 0.2) is 0 Å². The van der Waals surface area contributed by atoms with Crippen LogP contribution in [0.4, 0.5) is 16.0 Å². The molecule has 1 aliphatic carbocycles. The van der Waals surface area contributed by atoms with Gasteiger partial charge in [0.1, 0.15) is 11.7 Å². The van der Waals surface area contributed by atoms with Gasteiger partial charge in [-0.15, -0.1) is 0 Å². The van der Waals surface area contributed by atoms with Gasteiger partial charge in [-0.25, -0.2) is 14.4 Å². The van der Waals surface area contributed by atoms with Crippen molar-refractivity contribution in [2.24, 2.45) is 0 Å². The zero-order valence-corrected chi connectivity index (χ0v) is 15.1. The first kappa shape index (κ1) is 16.8. The third kappa shape index (κ3) is 2.89. The standard InChI is InChI=1S/C21H18FN5O/c22-13-6-7-17-15(9-13)18(20(28)25-17)19-14-4-1-5-16(14)26-21(27-19)24-11-12-3-2-8-23-10-12/h2-3,6-10,18H,1,4-5,11H2,(H,25,28)(H,24,26,27). The minimum absolute atomic E-state index is 0.174. The third-order valence-corrected chi connectivity index (χ3v) is 5.26. The number of hydrogen-bond donors (Lipinski definition) is 2. The van der Waals surface area contributed by atoms with Crippen LogP contribution < -0.4 is 10.6 Å². The number of fused-ring (bicyclic) bond motifs is 2. The van der Waals surface area contributed by atoms with Gasteiger partial charge in [-0.05, 0) is 60.2 Å². The highest BCUT2D eigenvalue weighted by molar-refractivity contribution is 6.05. The molecule has 2 N–H and O–H groups in total. The van der Waals surface area contributed by atoms with Crippen LogP contribution in [0.5, 0.6) is 0 Å². The van der Waals surface area contributed by atoms with Gasteiger partial charge < -0.3 is 10.6 Å². The van der Waals surface area contributed by atoms with Crippen molar-refractivity contribution in [3.05, 3.63) is 76.6 Å². The highest BCUT2D eigenvalue weighted by atomic mass is 19.1. The Labute approximate surface area is 161 Å². The molecule has 3 aromatic rings. The van der Waals surface area contributed by atoms with Crippen LogP contribution in [0.15, 0.2) is 42.7 Å². The summed E-state index contributed by atoms with van der Waals surface area (Å²) in [6, 6.07) is 8.22. The minimum Gasteiger partial charge on any atom is -0.350 e. The lowest BCUT2D eigenvalue weighted by atomic mass is 9.93. The molecule has 0 spiro atoms. The largest absolute Gasteiger partial charge is 0.350 e. The highest BCUT2D eigenvalue weighted by Crippen LogP contribution is 2.40. The van der Waals surface area contributed by atoms with Crippen molar-refractivity contribution in [3.8, 4) is 0 Å². The van der Waals surface area contributed by atoms with Gasteiger partial charge in [-0.1, -0.05) is 6.07 Å². The molecule has 1 atom stereocenters. The zero-order chi connectivity index (χ0) is 19.1. The van der Waals surface area contributed by atoms with Crippen molar-refractivity contribution in [1.82, 2.24) is 15.0 Å². The smallest absolute Gasteiger partial charge is 0.238 e. The van der Waals surface area contributed by atoms with E-state index in [9.17, 15) is 9.18 Å². The van der Waals surface area contributed by atoms with Crippen molar-refractivity contribution in [1.29, 1.82) is 0 Å². The minimum atomic E-state index is -0.612. The fourth-order valence-corrected chi connectivity index (χ4v) is 3.97. The molecule has 0 fully saturated rings. The molecule has 1 aromatic carbocycles. The van der Waals surface area contributed by atoms with Crippen LogP contribution in [0.25, 0.3) is 0 Å². The topological polar surface area (TPSA) is 79.8 Å². The second-order valence-electron chi connectivity index (χ2n) is 7.08. The fourth-order valence-electron chi connectivity index (χ4n) is 3.97. The van der Waals surface area contributed by atoms with E-state index in [1.165, 1.54) is 12.1 Å². The fraction of sp³-hybridized carbons (Fsp3) is 0.238. The van der Waals surface area contributed by atoms with Crippen LogP contribution in [0.2, 0.25) is 0 Å². The summed E-state index contributed by atoms with van der Waals surface area (Å²) in [6.07, 6.45) is 6.18. The molecule has 1 aliphatic heterocycles. The van der Waals surface area contributed by atoms with Crippen molar-refractivity contribution >= 4 is 17.5 Å². The molecule has 7 heteroatoms. The molecule has 2 aromatic heterocycles. The first-order chi connectivity index (χ1) is 13.7. The molecule has 28 heavy (non-hydrogen) atoms. The maximum Gasteiger partial charge on any atom is 0.238 e. The number of carbonyl (C=O) groups is 1. The van der Waals surface area contributed by atoms with E-state index >= 15 is 0 Å². The number of aryl methyl sites for hydroxylation is 1. The van der Waals surface area contributed by atoms with Gasteiger partial charge in [0.25, 0.3) is 0 Å². The van der Waals surface area contributed by atoms with Crippen LogP contribution in [-0.4, -0.2) is 20.9 Å². The van der Waals surface area contributed by atoms with Crippen molar-refractivity contribution in [2.45, 2.75) is 31.7 Å². The maximum absolute atomic E-state index is 13.8. The zero-order valence-electron chi connectivity index (χ0n) is 15.1. The summed E-state index contributed by atoms with van der Waals surface area (Å²) >= 11 is 0. The average molecular weight is 375 g/mol. The van der Waals surface area contributed by atoms with Gasteiger partial charge in [0.2, 0.25) is 11.9 Å². The average Bonchev–Trinajstić information content (AvgIpc) is 3.30. The summed E-state index contributed by atoms with van der Waals surface area (Å²) in [7, 11) is 0. The molecular formula is C21H18FN5O. The summed E-state index contributed by atoms with van der Waals surface area (Å²) in [4.78, 5) is 26.2. The van der Waals surface area contributed by atoms with Gasteiger partial charge in [0, 0.05) is 30.3 Å². The first-order valence-corrected chi connectivity index (χ1v) is 9.32. The van der Waals surface area contributed by atoms with E-state index in [-0.39, 0.29) is 11.7 Å². The number of amides is 1. The van der Waals surface area contributed by atoms with E-state index in [2.05, 4.69) is 20.6 Å². The van der Waals surface area contributed by atoms with E-state index in [1.54, 1.807) is 18.5 Å². The van der Waals surface area contributed by atoms with E-state index in [0.29, 0.717) is 29.4 Å². The Morgan fingerprint density at radius 1 is 1.21 bits per heavy atom. The van der Waals surface area contributed by atoms with Crippen LogP contribution >= 0.6 is 0 Å². The van der Waals surface area contributed by atoms with E-state index in [1.807, 2.05) is 12.1 Å². The van der Waals surface area contributed by atoms with Crippen LogP contribution in [0.3, 0.4) is 0 Å². The van der Waals surface area contributed by atoms with Crippen molar-refractivity contribution in [3.63, 3.8) is 0 Å². The Balaban J connectivity index is 1.54. The Morgan fingerprint density at radius 3 is 3.00 bits per heavy atom. The number of pyridine rings is 1. The number of nitrogens with one attached hydrogen (secondary N) is 2. The monoisotopic (exact) mass is 375 g/mol. The summed E-state index contributed by atoms with van der Waals surface area (Å²) < 4.78 is 13.8. The molecule has 1 unspecified atom stereocenters. The predicted octanol–water partition coefficient (Wildman–Crippen LogP) is 3.20. The van der Waals surface area contributed by atoms with Gasteiger partial charge in [0.05, 0.1) is 5.69 Å².